The summed E-state index contributed by atoms with van der Waals surface area (Å²) >= 11 is 1.70. The molecule has 1 fully saturated rings. The number of aliphatic imine (C=N–C) groups is 1. The summed E-state index contributed by atoms with van der Waals surface area (Å²) in [4.78, 5) is 9.35. The molecule has 6 heteroatoms. The normalized spacial score (nSPS) is 16.5. The van der Waals surface area contributed by atoms with Crippen molar-refractivity contribution in [3.8, 4) is 0 Å². The number of hydrogen-bond donors (Lipinski definition) is 2. The van der Waals surface area contributed by atoms with Crippen molar-refractivity contribution >= 4 is 17.3 Å². The zero-order valence-electron chi connectivity index (χ0n) is 15.5. The van der Waals surface area contributed by atoms with E-state index in [1.807, 2.05) is 0 Å². The number of nitrogens with zero attached hydrogens (tertiary/aromatic N) is 2. The number of ether oxygens (including phenoxy) is 1. The van der Waals surface area contributed by atoms with Gasteiger partial charge in [-0.05, 0) is 44.4 Å². The Kier molecular flexibility index (Phi) is 7.49. The first-order chi connectivity index (χ1) is 11.6. The van der Waals surface area contributed by atoms with Crippen LogP contribution >= 0.6 is 11.3 Å². The van der Waals surface area contributed by atoms with Crippen molar-refractivity contribution in [2.24, 2.45) is 10.4 Å². The fourth-order valence-electron chi connectivity index (χ4n) is 2.55. The molecule has 0 aromatic carbocycles. The van der Waals surface area contributed by atoms with Gasteiger partial charge in [0, 0.05) is 31.7 Å². The topological polar surface area (TPSA) is 58.5 Å². The third kappa shape index (κ3) is 6.06. The van der Waals surface area contributed by atoms with Crippen molar-refractivity contribution < 1.29 is 4.74 Å². The predicted molar refractivity (Wildman–Crippen MR) is 102 cm³/mol. The lowest BCUT2D eigenvalue weighted by atomic mass is 10.0. The molecule has 0 bridgehead atoms. The van der Waals surface area contributed by atoms with E-state index >= 15 is 0 Å². The minimum atomic E-state index is 0.414. The molecule has 0 radical (unpaired) electrons. The molecule has 0 spiro atoms. The SMILES string of the molecule is CCNC(=NCc1nc(C(C)C)cs1)NCC1(CCOCC)CC1. The van der Waals surface area contributed by atoms with Crippen LogP contribution < -0.4 is 10.6 Å². The van der Waals surface area contributed by atoms with Crippen LogP contribution in [0.1, 0.15) is 63.6 Å². The Labute approximate surface area is 150 Å². The number of nitrogens with one attached hydrogen (secondary N) is 2. The van der Waals surface area contributed by atoms with Crippen LogP contribution in [0.25, 0.3) is 0 Å². The van der Waals surface area contributed by atoms with Crippen LogP contribution in [0.3, 0.4) is 0 Å². The quantitative estimate of drug-likeness (QED) is 0.384. The highest BCUT2D eigenvalue weighted by molar-refractivity contribution is 7.09. The maximum absolute atomic E-state index is 5.51. The fourth-order valence-corrected chi connectivity index (χ4v) is 3.43. The molecule has 1 saturated carbocycles. The molecule has 0 saturated heterocycles. The lowest BCUT2D eigenvalue weighted by Crippen LogP contribution is -2.40. The third-order valence-corrected chi connectivity index (χ3v) is 5.30. The molecule has 24 heavy (non-hydrogen) atoms. The molecule has 2 N–H and O–H groups in total. The van der Waals surface area contributed by atoms with E-state index in [-0.39, 0.29) is 0 Å². The summed E-state index contributed by atoms with van der Waals surface area (Å²) in [6.07, 6.45) is 3.71. The molecule has 0 atom stereocenters. The van der Waals surface area contributed by atoms with Gasteiger partial charge < -0.3 is 15.4 Å². The maximum atomic E-state index is 5.51. The smallest absolute Gasteiger partial charge is 0.191 e. The summed E-state index contributed by atoms with van der Waals surface area (Å²) in [5, 5.41) is 10.1. The molecule has 136 valence electrons. The van der Waals surface area contributed by atoms with E-state index in [0.717, 1.165) is 49.4 Å². The van der Waals surface area contributed by atoms with Crippen LogP contribution in [0.5, 0.6) is 0 Å². The minimum Gasteiger partial charge on any atom is -0.382 e. The predicted octanol–water partition coefficient (Wildman–Crippen LogP) is 3.53. The van der Waals surface area contributed by atoms with Crippen LogP contribution in [0.15, 0.2) is 10.4 Å². The monoisotopic (exact) mass is 352 g/mol. The van der Waals surface area contributed by atoms with Gasteiger partial charge in [0.15, 0.2) is 5.96 Å². The summed E-state index contributed by atoms with van der Waals surface area (Å²) in [6.45, 7) is 12.6. The van der Waals surface area contributed by atoms with Gasteiger partial charge in [0.25, 0.3) is 0 Å². The van der Waals surface area contributed by atoms with Gasteiger partial charge in [-0.1, -0.05) is 13.8 Å². The van der Waals surface area contributed by atoms with Crippen molar-refractivity contribution in [1.82, 2.24) is 15.6 Å². The zero-order valence-corrected chi connectivity index (χ0v) is 16.3. The number of hydrogen-bond acceptors (Lipinski definition) is 4. The molecule has 1 aromatic rings. The average Bonchev–Trinajstić information content (AvgIpc) is 3.16. The van der Waals surface area contributed by atoms with Crippen LogP contribution in [0, 0.1) is 5.41 Å². The van der Waals surface area contributed by atoms with Crippen molar-refractivity contribution in [2.75, 3.05) is 26.3 Å². The van der Waals surface area contributed by atoms with Crippen molar-refractivity contribution in [3.05, 3.63) is 16.1 Å². The number of thiazole rings is 1. The Bertz CT molecular complexity index is 523. The van der Waals surface area contributed by atoms with Gasteiger partial charge in [-0.15, -0.1) is 11.3 Å². The fraction of sp³-hybridized carbons (Fsp3) is 0.778. The Morgan fingerprint density at radius 2 is 2.17 bits per heavy atom. The first kappa shape index (κ1) is 19.2. The van der Waals surface area contributed by atoms with Gasteiger partial charge in [0.1, 0.15) is 5.01 Å². The van der Waals surface area contributed by atoms with Crippen LogP contribution in [-0.2, 0) is 11.3 Å². The van der Waals surface area contributed by atoms with E-state index in [1.54, 1.807) is 11.3 Å². The van der Waals surface area contributed by atoms with Crippen molar-refractivity contribution in [1.29, 1.82) is 0 Å². The van der Waals surface area contributed by atoms with Crippen LogP contribution in [-0.4, -0.2) is 37.2 Å². The number of aromatic nitrogens is 1. The highest BCUT2D eigenvalue weighted by Gasteiger charge is 2.41. The zero-order chi connectivity index (χ0) is 17.4. The van der Waals surface area contributed by atoms with E-state index in [2.05, 4.69) is 48.7 Å². The van der Waals surface area contributed by atoms with Gasteiger partial charge in [0.2, 0.25) is 0 Å². The van der Waals surface area contributed by atoms with Crippen LogP contribution in [0.4, 0.5) is 0 Å². The molecule has 1 aliphatic carbocycles. The highest BCUT2D eigenvalue weighted by Crippen LogP contribution is 2.48. The summed E-state index contributed by atoms with van der Waals surface area (Å²) < 4.78 is 5.51. The maximum Gasteiger partial charge on any atom is 0.191 e. The third-order valence-electron chi connectivity index (χ3n) is 4.45. The van der Waals surface area contributed by atoms with E-state index in [1.165, 1.54) is 12.8 Å². The Morgan fingerprint density at radius 1 is 1.38 bits per heavy atom. The number of guanidine groups is 1. The molecule has 0 unspecified atom stereocenters. The molecule has 0 amide bonds. The van der Waals surface area contributed by atoms with E-state index < -0.39 is 0 Å². The van der Waals surface area contributed by atoms with Gasteiger partial charge in [-0.2, -0.15) is 0 Å². The molecule has 0 aliphatic heterocycles. The largest absolute Gasteiger partial charge is 0.382 e. The summed E-state index contributed by atoms with van der Waals surface area (Å²) in [7, 11) is 0. The second-order valence-electron chi connectivity index (χ2n) is 6.82. The number of rotatable bonds is 10. The molecular formula is C18H32N4OS. The molecule has 1 aromatic heterocycles. The summed E-state index contributed by atoms with van der Waals surface area (Å²) in [6, 6.07) is 0. The van der Waals surface area contributed by atoms with Gasteiger partial charge in [-0.25, -0.2) is 9.98 Å². The van der Waals surface area contributed by atoms with E-state index in [9.17, 15) is 0 Å². The first-order valence-corrected chi connectivity index (χ1v) is 10.0. The first-order valence-electron chi connectivity index (χ1n) is 9.13. The van der Waals surface area contributed by atoms with Gasteiger partial charge >= 0.3 is 0 Å². The lowest BCUT2D eigenvalue weighted by Gasteiger charge is -2.18. The second kappa shape index (κ2) is 9.37. The lowest BCUT2D eigenvalue weighted by molar-refractivity contribution is 0.128. The Morgan fingerprint density at radius 3 is 2.75 bits per heavy atom. The van der Waals surface area contributed by atoms with Crippen molar-refractivity contribution in [3.63, 3.8) is 0 Å². The standard InChI is InChI=1S/C18H32N4OS/c1-5-19-17(20-11-16-22-15(12-24-16)14(3)4)21-13-18(7-8-18)9-10-23-6-2/h12,14H,5-11,13H2,1-4H3,(H2,19,20,21). The van der Waals surface area contributed by atoms with Gasteiger partial charge in [-0.3, -0.25) is 0 Å². The van der Waals surface area contributed by atoms with Gasteiger partial charge in [0.05, 0.1) is 12.2 Å². The van der Waals surface area contributed by atoms with E-state index in [0.29, 0.717) is 17.9 Å². The van der Waals surface area contributed by atoms with Crippen LogP contribution in [0.2, 0.25) is 0 Å². The minimum absolute atomic E-state index is 0.414. The van der Waals surface area contributed by atoms with E-state index in [4.69, 9.17) is 9.73 Å². The second-order valence-corrected chi connectivity index (χ2v) is 7.76. The molecule has 5 nitrogen and oxygen atoms in total. The Balaban J connectivity index is 1.84. The summed E-state index contributed by atoms with van der Waals surface area (Å²) in [5.74, 6) is 1.37. The van der Waals surface area contributed by atoms with Crippen molar-refractivity contribution in [2.45, 2.75) is 59.4 Å². The molecule has 2 rings (SSSR count). The Hall–Kier alpha value is -1.14. The molecule has 1 aliphatic rings. The highest BCUT2D eigenvalue weighted by atomic mass is 32.1. The molecular weight excluding hydrogens is 320 g/mol. The average molecular weight is 353 g/mol. The molecule has 1 heterocycles. The summed E-state index contributed by atoms with van der Waals surface area (Å²) in [5.41, 5.74) is 1.58.